The predicted molar refractivity (Wildman–Crippen MR) is 160 cm³/mol. The van der Waals surface area contributed by atoms with E-state index in [0.29, 0.717) is 11.3 Å². The Kier molecular flexibility index (Phi) is 10.3. The maximum atomic E-state index is 14.1. The van der Waals surface area contributed by atoms with Gasteiger partial charge in [-0.15, -0.1) is 0 Å². The molecule has 0 saturated heterocycles. The number of benzene rings is 3. The van der Waals surface area contributed by atoms with Crippen molar-refractivity contribution in [3.8, 4) is 5.75 Å². The van der Waals surface area contributed by atoms with Crippen molar-refractivity contribution in [2.24, 2.45) is 0 Å². The Labute approximate surface area is 246 Å². The molecule has 3 rings (SSSR count). The molecule has 3 aromatic carbocycles. The third-order valence-electron chi connectivity index (χ3n) is 6.33. The Morgan fingerprint density at radius 3 is 2.19 bits per heavy atom. The van der Waals surface area contributed by atoms with Gasteiger partial charge in [-0.3, -0.25) is 24.0 Å². The van der Waals surface area contributed by atoms with E-state index in [0.717, 1.165) is 10.4 Å². The maximum Gasteiger partial charge on any atom is 0.271 e. The van der Waals surface area contributed by atoms with Crippen molar-refractivity contribution < 1.29 is 27.7 Å². The zero-order valence-corrected chi connectivity index (χ0v) is 25.1. The number of methoxy groups -OCH3 is 1. The molecular weight excluding hydrogens is 560 g/mol. The Hall–Kier alpha value is -4.45. The highest BCUT2D eigenvalue weighted by atomic mass is 32.2. The van der Waals surface area contributed by atoms with Gasteiger partial charge in [0.25, 0.3) is 15.7 Å². The number of anilines is 1. The molecule has 1 N–H and O–H groups in total. The van der Waals surface area contributed by atoms with E-state index in [2.05, 4.69) is 5.32 Å². The Morgan fingerprint density at radius 2 is 1.64 bits per heavy atom. The van der Waals surface area contributed by atoms with E-state index in [1.807, 2.05) is 20.8 Å². The van der Waals surface area contributed by atoms with Crippen molar-refractivity contribution in [2.45, 2.75) is 57.1 Å². The lowest BCUT2D eigenvalue weighted by Crippen LogP contribution is -2.55. The van der Waals surface area contributed by atoms with Gasteiger partial charge in [-0.25, -0.2) is 8.42 Å². The van der Waals surface area contributed by atoms with Crippen molar-refractivity contribution in [3.63, 3.8) is 0 Å². The molecule has 224 valence electrons. The minimum atomic E-state index is -4.34. The molecule has 2 amide bonds. The van der Waals surface area contributed by atoms with Gasteiger partial charge < -0.3 is 15.0 Å². The first-order chi connectivity index (χ1) is 19.8. The molecule has 0 aliphatic carbocycles. The van der Waals surface area contributed by atoms with Gasteiger partial charge in [0, 0.05) is 24.2 Å². The first kappa shape index (κ1) is 32.1. The zero-order chi connectivity index (χ0) is 31.1. The number of nitrogens with one attached hydrogen (secondary N) is 1. The topological polar surface area (TPSA) is 139 Å². The molecule has 0 bridgehead atoms. The maximum absolute atomic E-state index is 14.1. The molecule has 11 nitrogen and oxygen atoms in total. The number of carbonyl (C=O) groups is 2. The van der Waals surface area contributed by atoms with Crippen LogP contribution in [-0.2, 0) is 26.2 Å². The van der Waals surface area contributed by atoms with Crippen molar-refractivity contribution in [3.05, 3.63) is 94.5 Å². The molecule has 0 spiro atoms. The van der Waals surface area contributed by atoms with Crippen LogP contribution in [0.25, 0.3) is 0 Å². The predicted octanol–water partition coefficient (Wildman–Crippen LogP) is 4.52. The van der Waals surface area contributed by atoms with E-state index >= 15 is 0 Å². The van der Waals surface area contributed by atoms with Gasteiger partial charge in [0.1, 0.15) is 18.3 Å². The number of ether oxygens (including phenoxy) is 1. The number of sulfonamides is 1. The highest BCUT2D eigenvalue weighted by Gasteiger charge is 2.35. The number of hydrogen-bond donors (Lipinski definition) is 1. The van der Waals surface area contributed by atoms with E-state index in [-0.39, 0.29) is 35.1 Å². The smallest absolute Gasteiger partial charge is 0.271 e. The highest BCUT2D eigenvalue weighted by Crippen LogP contribution is 2.28. The summed E-state index contributed by atoms with van der Waals surface area (Å²) < 4.78 is 33.8. The molecule has 1 atom stereocenters. The van der Waals surface area contributed by atoms with Crippen LogP contribution in [0.15, 0.2) is 83.8 Å². The van der Waals surface area contributed by atoms with Crippen molar-refractivity contribution in [2.75, 3.05) is 18.0 Å². The van der Waals surface area contributed by atoms with E-state index < -0.39 is 39.0 Å². The second kappa shape index (κ2) is 13.5. The van der Waals surface area contributed by atoms with E-state index in [1.54, 1.807) is 49.4 Å². The van der Waals surface area contributed by atoms with Crippen LogP contribution in [-0.4, -0.2) is 55.3 Å². The SMILES string of the molecule is CC[C@@H](C(=O)NC(C)(C)C)N(Cc1ccc(OC)cc1)C(=O)CN(c1cccc([N+](=O)[O-])c1)S(=O)(=O)c1ccccc1. The second-order valence-electron chi connectivity index (χ2n) is 10.6. The number of hydrogen-bond acceptors (Lipinski definition) is 7. The average Bonchev–Trinajstić information content (AvgIpc) is 2.95. The quantitative estimate of drug-likeness (QED) is 0.240. The van der Waals surface area contributed by atoms with Crippen molar-refractivity contribution in [1.29, 1.82) is 0 Å². The van der Waals surface area contributed by atoms with Gasteiger partial charge in [-0.1, -0.05) is 43.3 Å². The van der Waals surface area contributed by atoms with Crippen LogP contribution >= 0.6 is 0 Å². The number of nitro groups is 1. The fourth-order valence-electron chi connectivity index (χ4n) is 4.31. The molecule has 0 aliphatic heterocycles. The molecule has 0 aromatic heterocycles. The minimum Gasteiger partial charge on any atom is -0.497 e. The van der Waals surface area contributed by atoms with Crippen LogP contribution in [0.3, 0.4) is 0 Å². The van der Waals surface area contributed by atoms with Gasteiger partial charge in [0.15, 0.2) is 0 Å². The van der Waals surface area contributed by atoms with Crippen LogP contribution in [0.5, 0.6) is 5.75 Å². The first-order valence-corrected chi connectivity index (χ1v) is 14.8. The average molecular weight is 597 g/mol. The summed E-state index contributed by atoms with van der Waals surface area (Å²) in [6.07, 6.45) is 0.256. The van der Waals surface area contributed by atoms with Crippen molar-refractivity contribution >= 4 is 33.2 Å². The summed E-state index contributed by atoms with van der Waals surface area (Å²) in [5, 5.41) is 14.4. The molecule has 0 heterocycles. The van der Waals surface area contributed by atoms with E-state index in [9.17, 15) is 28.1 Å². The Bertz CT molecular complexity index is 1500. The standard InChI is InChI=1S/C30H36N4O7S/c1-6-27(29(36)31-30(2,3)4)32(20-22-15-17-25(41-5)18-16-22)28(35)21-33(23-11-10-12-24(19-23)34(37)38)42(39,40)26-13-8-7-9-14-26/h7-19,27H,6,20-21H2,1-5H3,(H,31,36)/t27-/m0/s1. The zero-order valence-electron chi connectivity index (χ0n) is 24.3. The van der Waals surface area contributed by atoms with Crippen LogP contribution in [0.4, 0.5) is 11.4 Å². The highest BCUT2D eigenvalue weighted by molar-refractivity contribution is 7.92. The Morgan fingerprint density at radius 1 is 1.00 bits per heavy atom. The molecule has 42 heavy (non-hydrogen) atoms. The summed E-state index contributed by atoms with van der Waals surface area (Å²) in [4.78, 5) is 39.6. The lowest BCUT2D eigenvalue weighted by atomic mass is 10.1. The summed E-state index contributed by atoms with van der Waals surface area (Å²) in [5.41, 5.74) is -0.276. The number of nitrogens with zero attached hydrogens (tertiary/aromatic N) is 3. The van der Waals surface area contributed by atoms with Crippen molar-refractivity contribution in [1.82, 2.24) is 10.2 Å². The summed E-state index contributed by atoms with van der Waals surface area (Å²) >= 11 is 0. The summed E-state index contributed by atoms with van der Waals surface area (Å²) in [5.74, 6) is -0.438. The number of rotatable bonds is 12. The van der Waals surface area contributed by atoms with Gasteiger partial charge >= 0.3 is 0 Å². The fraction of sp³-hybridized carbons (Fsp3) is 0.333. The van der Waals surface area contributed by atoms with Crippen LogP contribution in [0.2, 0.25) is 0 Å². The number of carbonyl (C=O) groups excluding carboxylic acids is 2. The molecular formula is C30H36N4O7S. The number of nitro benzene ring substituents is 1. The lowest BCUT2D eigenvalue weighted by Gasteiger charge is -2.34. The molecule has 12 heteroatoms. The lowest BCUT2D eigenvalue weighted by molar-refractivity contribution is -0.384. The summed E-state index contributed by atoms with van der Waals surface area (Å²) in [6.45, 7) is 6.54. The van der Waals surface area contributed by atoms with Crippen LogP contribution in [0, 0.1) is 10.1 Å². The summed E-state index contributed by atoms with van der Waals surface area (Å²) in [7, 11) is -2.81. The summed E-state index contributed by atoms with van der Waals surface area (Å²) in [6, 6.07) is 18.6. The third-order valence-corrected chi connectivity index (χ3v) is 8.12. The third kappa shape index (κ3) is 8.06. The monoisotopic (exact) mass is 596 g/mol. The fourth-order valence-corrected chi connectivity index (χ4v) is 5.74. The van der Waals surface area contributed by atoms with Gasteiger partial charge in [-0.2, -0.15) is 0 Å². The largest absolute Gasteiger partial charge is 0.497 e. The van der Waals surface area contributed by atoms with E-state index in [4.69, 9.17) is 4.74 Å². The number of non-ortho nitro benzene ring substituents is 1. The Balaban J connectivity index is 2.10. The molecule has 0 radical (unpaired) electrons. The molecule has 0 unspecified atom stereocenters. The molecule has 0 fully saturated rings. The van der Waals surface area contributed by atoms with E-state index in [1.165, 1.54) is 42.3 Å². The molecule has 0 saturated carbocycles. The second-order valence-corrected chi connectivity index (χ2v) is 12.5. The normalized spacial score (nSPS) is 12.2. The minimum absolute atomic E-state index is 0.00700. The molecule has 0 aliphatic rings. The van der Waals surface area contributed by atoms with Crippen LogP contribution in [0.1, 0.15) is 39.7 Å². The number of amides is 2. The van der Waals surface area contributed by atoms with Gasteiger partial charge in [-0.05, 0) is 63.1 Å². The van der Waals surface area contributed by atoms with Gasteiger partial charge in [0.2, 0.25) is 11.8 Å². The van der Waals surface area contributed by atoms with Gasteiger partial charge in [0.05, 0.1) is 22.6 Å². The first-order valence-electron chi connectivity index (χ1n) is 13.3. The van der Waals surface area contributed by atoms with Crippen LogP contribution < -0.4 is 14.4 Å². The molecule has 3 aromatic rings.